The fourth-order valence-electron chi connectivity index (χ4n) is 3.05. The van der Waals surface area contributed by atoms with Gasteiger partial charge in [0.2, 0.25) is 0 Å². The minimum atomic E-state index is -4.41. The fraction of sp³-hybridized carbons (Fsp3) is 0.474. The molecule has 160 valence electrons. The summed E-state index contributed by atoms with van der Waals surface area (Å²) in [5, 5.41) is 7.55. The normalized spacial score (nSPS) is 15.2. The third-order valence-electron chi connectivity index (χ3n) is 4.56. The first-order chi connectivity index (χ1) is 13.4. The maximum atomic E-state index is 12.6. The number of aromatic nitrogens is 1. The van der Waals surface area contributed by atoms with E-state index >= 15 is 0 Å². The molecule has 0 amide bonds. The highest BCUT2D eigenvalue weighted by Gasteiger charge is 2.33. The topological polar surface area (TPSA) is 52.6 Å². The molecule has 10 heteroatoms. The van der Waals surface area contributed by atoms with Crippen LogP contribution in [0.3, 0.4) is 0 Å². The molecule has 0 aliphatic carbocycles. The van der Waals surface area contributed by atoms with Gasteiger partial charge in [0.1, 0.15) is 5.01 Å². The molecule has 2 heterocycles. The zero-order valence-electron chi connectivity index (χ0n) is 16.1. The van der Waals surface area contributed by atoms with Gasteiger partial charge in [-0.15, -0.1) is 35.3 Å². The van der Waals surface area contributed by atoms with Gasteiger partial charge in [0.15, 0.2) is 11.7 Å². The lowest BCUT2D eigenvalue weighted by Gasteiger charge is -2.15. The van der Waals surface area contributed by atoms with E-state index in [9.17, 15) is 13.2 Å². The molecular weight excluding hydrogens is 514 g/mol. The highest BCUT2D eigenvalue weighted by Crippen LogP contribution is 2.29. The van der Waals surface area contributed by atoms with Crippen LogP contribution in [-0.2, 0) is 25.8 Å². The highest BCUT2D eigenvalue weighted by molar-refractivity contribution is 14.0. The first kappa shape index (κ1) is 23.9. The number of aliphatic imine (C=N–C) groups is 1. The molecule has 0 atom stereocenters. The molecule has 1 aromatic carbocycles. The molecule has 0 bridgehead atoms. The van der Waals surface area contributed by atoms with Crippen LogP contribution in [0.1, 0.15) is 34.7 Å². The van der Waals surface area contributed by atoms with E-state index < -0.39 is 11.9 Å². The van der Waals surface area contributed by atoms with E-state index in [1.165, 1.54) is 31.5 Å². The Labute approximate surface area is 189 Å². The Balaban J connectivity index is 0.00000300. The SMILES string of the molecule is CN=C(NCc1ccc(CN2CCCC2)cc1)NCc1nc(C(F)(F)F)cs1.I. The van der Waals surface area contributed by atoms with Crippen LogP contribution in [0.5, 0.6) is 0 Å². The summed E-state index contributed by atoms with van der Waals surface area (Å²) in [6.45, 7) is 4.11. The van der Waals surface area contributed by atoms with E-state index in [4.69, 9.17) is 0 Å². The zero-order chi connectivity index (χ0) is 20.0. The van der Waals surface area contributed by atoms with Crippen molar-refractivity contribution < 1.29 is 13.2 Å². The van der Waals surface area contributed by atoms with Crippen molar-refractivity contribution >= 4 is 41.3 Å². The Morgan fingerprint density at radius 2 is 1.72 bits per heavy atom. The molecule has 1 aromatic heterocycles. The summed E-state index contributed by atoms with van der Waals surface area (Å²) in [6.07, 6.45) is -1.84. The van der Waals surface area contributed by atoms with Crippen molar-refractivity contribution in [3.05, 3.63) is 51.5 Å². The lowest BCUT2D eigenvalue weighted by molar-refractivity contribution is -0.140. The Bertz CT molecular complexity index is 786. The van der Waals surface area contributed by atoms with Crippen LogP contribution in [0.15, 0.2) is 34.6 Å². The summed E-state index contributed by atoms with van der Waals surface area (Å²) in [5.41, 5.74) is 1.56. The predicted octanol–water partition coefficient (Wildman–Crippen LogP) is 4.24. The fourth-order valence-corrected chi connectivity index (χ4v) is 3.79. The standard InChI is InChI=1S/C19H24F3N5S.HI/c1-23-18(25-11-17-26-16(13-28-17)19(20,21)22)24-10-14-4-6-15(7-5-14)12-27-8-2-3-9-27;/h4-7,13H,2-3,8-12H2,1H3,(H2,23,24,25);1H. The van der Waals surface area contributed by atoms with E-state index in [0.29, 0.717) is 17.5 Å². The molecular formula is C19H25F3IN5S. The van der Waals surface area contributed by atoms with Crippen molar-refractivity contribution in [2.75, 3.05) is 20.1 Å². The summed E-state index contributed by atoms with van der Waals surface area (Å²) in [7, 11) is 1.62. The van der Waals surface area contributed by atoms with Gasteiger partial charge in [-0.1, -0.05) is 24.3 Å². The second kappa shape index (κ2) is 11.1. The van der Waals surface area contributed by atoms with Crippen molar-refractivity contribution in [1.29, 1.82) is 0 Å². The van der Waals surface area contributed by atoms with Crippen molar-refractivity contribution in [3.63, 3.8) is 0 Å². The van der Waals surface area contributed by atoms with Crippen molar-refractivity contribution in [1.82, 2.24) is 20.5 Å². The maximum Gasteiger partial charge on any atom is 0.434 e. The third kappa shape index (κ3) is 7.41. The lowest BCUT2D eigenvalue weighted by atomic mass is 10.1. The predicted molar refractivity (Wildman–Crippen MR) is 121 cm³/mol. The Morgan fingerprint density at radius 1 is 1.10 bits per heavy atom. The smallest absolute Gasteiger partial charge is 0.352 e. The van der Waals surface area contributed by atoms with E-state index in [0.717, 1.165) is 28.8 Å². The van der Waals surface area contributed by atoms with Gasteiger partial charge in [-0.3, -0.25) is 9.89 Å². The minimum absolute atomic E-state index is 0. The van der Waals surface area contributed by atoms with Crippen molar-refractivity contribution in [3.8, 4) is 0 Å². The van der Waals surface area contributed by atoms with Crippen LogP contribution in [-0.4, -0.2) is 36.0 Å². The van der Waals surface area contributed by atoms with E-state index in [-0.39, 0.29) is 30.5 Å². The molecule has 2 aromatic rings. The van der Waals surface area contributed by atoms with E-state index in [2.05, 4.69) is 49.8 Å². The number of likely N-dealkylation sites (tertiary alicyclic amines) is 1. The van der Waals surface area contributed by atoms with Crippen molar-refractivity contribution in [2.45, 2.75) is 38.7 Å². The number of hydrogen-bond donors (Lipinski definition) is 2. The molecule has 2 N–H and O–H groups in total. The number of alkyl halides is 3. The Kier molecular flexibility index (Phi) is 9.15. The molecule has 1 fully saturated rings. The lowest BCUT2D eigenvalue weighted by Crippen LogP contribution is -2.36. The Hall–Kier alpha value is -1.40. The van der Waals surface area contributed by atoms with Crippen LogP contribution in [0.4, 0.5) is 13.2 Å². The molecule has 0 unspecified atom stereocenters. The number of hydrogen-bond acceptors (Lipinski definition) is 4. The number of halogens is 4. The molecule has 1 aliphatic heterocycles. The van der Waals surface area contributed by atoms with Gasteiger partial charge in [-0.25, -0.2) is 4.98 Å². The van der Waals surface area contributed by atoms with E-state index in [1.54, 1.807) is 7.05 Å². The number of thiazole rings is 1. The molecule has 5 nitrogen and oxygen atoms in total. The molecule has 0 saturated carbocycles. The van der Waals surface area contributed by atoms with Crippen LogP contribution in [0.2, 0.25) is 0 Å². The molecule has 29 heavy (non-hydrogen) atoms. The monoisotopic (exact) mass is 539 g/mol. The Morgan fingerprint density at radius 3 is 2.31 bits per heavy atom. The van der Waals surface area contributed by atoms with Crippen LogP contribution >= 0.6 is 35.3 Å². The quantitative estimate of drug-likeness (QED) is 0.328. The van der Waals surface area contributed by atoms with Crippen LogP contribution in [0.25, 0.3) is 0 Å². The van der Waals surface area contributed by atoms with E-state index in [1.807, 2.05) is 0 Å². The van der Waals surface area contributed by atoms with Gasteiger partial charge < -0.3 is 10.6 Å². The average Bonchev–Trinajstić information content (AvgIpc) is 3.35. The number of nitrogens with one attached hydrogen (secondary N) is 2. The summed E-state index contributed by atoms with van der Waals surface area (Å²) >= 11 is 0.977. The van der Waals surface area contributed by atoms with Crippen LogP contribution < -0.4 is 10.6 Å². The second-order valence-corrected chi connectivity index (χ2v) is 7.65. The van der Waals surface area contributed by atoms with Gasteiger partial charge in [-0.05, 0) is 37.1 Å². The number of nitrogens with zero attached hydrogens (tertiary/aromatic N) is 3. The number of benzene rings is 1. The summed E-state index contributed by atoms with van der Waals surface area (Å²) in [6, 6.07) is 8.45. The highest BCUT2D eigenvalue weighted by atomic mass is 127. The molecule has 1 aliphatic rings. The average molecular weight is 539 g/mol. The second-order valence-electron chi connectivity index (χ2n) is 6.70. The van der Waals surface area contributed by atoms with Gasteiger partial charge >= 0.3 is 6.18 Å². The molecule has 3 rings (SSSR count). The largest absolute Gasteiger partial charge is 0.434 e. The third-order valence-corrected chi connectivity index (χ3v) is 5.41. The first-order valence-corrected chi connectivity index (χ1v) is 10.1. The van der Waals surface area contributed by atoms with Gasteiger partial charge in [0, 0.05) is 25.5 Å². The summed E-state index contributed by atoms with van der Waals surface area (Å²) in [4.78, 5) is 10.2. The van der Waals surface area contributed by atoms with Gasteiger partial charge in [0.05, 0.1) is 6.54 Å². The minimum Gasteiger partial charge on any atom is -0.352 e. The van der Waals surface area contributed by atoms with Crippen LogP contribution in [0, 0.1) is 0 Å². The zero-order valence-corrected chi connectivity index (χ0v) is 19.3. The number of rotatable bonds is 6. The summed E-state index contributed by atoms with van der Waals surface area (Å²) in [5.74, 6) is 0.518. The number of guanidine groups is 1. The van der Waals surface area contributed by atoms with Gasteiger partial charge in [0.25, 0.3) is 0 Å². The molecule has 1 saturated heterocycles. The van der Waals surface area contributed by atoms with Crippen molar-refractivity contribution in [2.24, 2.45) is 4.99 Å². The molecule has 0 spiro atoms. The van der Waals surface area contributed by atoms with Gasteiger partial charge in [-0.2, -0.15) is 13.2 Å². The molecule has 0 radical (unpaired) electrons. The maximum absolute atomic E-state index is 12.6. The first-order valence-electron chi connectivity index (χ1n) is 9.20. The summed E-state index contributed by atoms with van der Waals surface area (Å²) < 4.78 is 37.8.